The number of likely N-dealkylation sites (tertiary alicyclic amines) is 1. The molecule has 3 aromatic rings. The molecule has 2 amide bonds. The highest BCUT2D eigenvalue weighted by atomic mass is 32.1. The molecule has 3 heterocycles. The van der Waals surface area contributed by atoms with Crippen LogP contribution in [-0.2, 0) is 11.3 Å². The van der Waals surface area contributed by atoms with E-state index in [0.29, 0.717) is 29.9 Å². The number of methoxy groups -OCH3 is 1. The van der Waals surface area contributed by atoms with Gasteiger partial charge in [-0.25, -0.2) is 0 Å². The zero-order valence-corrected chi connectivity index (χ0v) is 26.5. The van der Waals surface area contributed by atoms with Crippen LogP contribution in [0.25, 0.3) is 22.2 Å². The van der Waals surface area contributed by atoms with Crippen molar-refractivity contribution in [3.05, 3.63) is 53.1 Å². The number of hydrogen-bond acceptors (Lipinski definition) is 5. The highest BCUT2D eigenvalue weighted by molar-refractivity contribution is 7.77. The van der Waals surface area contributed by atoms with E-state index >= 15 is 0 Å². The maximum Gasteiger partial charge on any atom is 0.248 e. The number of aromatic nitrogens is 1. The molecule has 2 N–H and O–H groups in total. The lowest BCUT2D eigenvalue weighted by atomic mass is 9.81. The monoisotopic (exact) mass is 600 g/mol. The van der Waals surface area contributed by atoms with E-state index in [1.165, 1.54) is 72.7 Å². The summed E-state index contributed by atoms with van der Waals surface area (Å²) < 4.78 is 9.79. The molecule has 3 saturated carbocycles. The largest absolute Gasteiger partial charge is 0.497 e. The van der Waals surface area contributed by atoms with E-state index in [1.807, 2.05) is 26.2 Å². The minimum atomic E-state index is -0.445. The van der Waals surface area contributed by atoms with Crippen molar-refractivity contribution in [3.63, 3.8) is 0 Å². The predicted molar refractivity (Wildman–Crippen MR) is 174 cm³/mol. The second kappa shape index (κ2) is 10.9. The van der Waals surface area contributed by atoms with Gasteiger partial charge in [-0.05, 0) is 105 Å². The minimum absolute atomic E-state index is 0.184. The van der Waals surface area contributed by atoms with Gasteiger partial charge < -0.3 is 19.9 Å². The second-order valence-electron chi connectivity index (χ2n) is 13.8. The van der Waals surface area contributed by atoms with Crippen LogP contribution in [0.4, 0.5) is 0 Å². The third-order valence-electron chi connectivity index (χ3n) is 10.7. The number of primary amides is 1. The Morgan fingerprint density at radius 2 is 1.72 bits per heavy atom. The number of carbonyl (C=O) groups excluding carboxylic acids is 2. The number of thiol groups is 1. The van der Waals surface area contributed by atoms with Crippen molar-refractivity contribution < 1.29 is 14.3 Å². The number of rotatable bonds is 5. The summed E-state index contributed by atoms with van der Waals surface area (Å²) in [5, 5.41) is 1.21. The summed E-state index contributed by atoms with van der Waals surface area (Å²) >= 11 is 3.80. The molecule has 1 saturated heterocycles. The summed E-state index contributed by atoms with van der Waals surface area (Å²) in [5.74, 6) is 2.95. The SMILES string of the molecule is CN(C)S.COc1ccc2c(c1)C1CC1(C(=O)N1CC(C3CC3)C1)Cn1c-2c(C2CCCCC2)c2ccc(C(N)=O)cc21. The molecule has 0 bridgehead atoms. The van der Waals surface area contributed by atoms with Gasteiger partial charge >= 0.3 is 0 Å². The van der Waals surface area contributed by atoms with E-state index in [9.17, 15) is 9.59 Å². The Bertz CT molecular complexity index is 1580. The van der Waals surface area contributed by atoms with Crippen LogP contribution in [0.15, 0.2) is 36.4 Å². The first-order valence-electron chi connectivity index (χ1n) is 16.0. The third kappa shape index (κ3) is 4.95. The van der Waals surface area contributed by atoms with Gasteiger partial charge in [0.05, 0.1) is 18.2 Å². The van der Waals surface area contributed by atoms with Gasteiger partial charge in [0.25, 0.3) is 0 Å². The average molecular weight is 601 g/mol. The molecule has 2 aromatic carbocycles. The van der Waals surface area contributed by atoms with Gasteiger partial charge in [0.1, 0.15) is 5.75 Å². The molecule has 8 rings (SSSR count). The van der Waals surface area contributed by atoms with Gasteiger partial charge in [-0.2, -0.15) is 0 Å². The van der Waals surface area contributed by atoms with Crippen LogP contribution < -0.4 is 10.5 Å². The maximum absolute atomic E-state index is 14.3. The van der Waals surface area contributed by atoms with E-state index in [-0.39, 0.29) is 5.92 Å². The highest BCUT2D eigenvalue weighted by Crippen LogP contribution is 2.66. The Kier molecular flexibility index (Phi) is 7.28. The smallest absolute Gasteiger partial charge is 0.248 e. The molecule has 0 spiro atoms. The molecule has 4 fully saturated rings. The molecule has 5 aliphatic rings. The first-order chi connectivity index (χ1) is 20.7. The van der Waals surface area contributed by atoms with Crippen molar-refractivity contribution >= 4 is 35.5 Å². The standard InChI is InChI=1S/C33H37N3O3.C2H7NS/c1-39-23-10-12-24-26(14-23)27-15-33(27,32(38)35-16-22(17-35)19-7-8-19)18-36-28-13-21(31(34)37)9-11-25(28)29(30(24)36)20-5-3-2-4-6-20;1-3(2)4/h9-14,19-20,22,27H,2-8,15-18H2,1H3,(H2,34,37);4H,1-2H3. The van der Waals surface area contributed by atoms with Gasteiger partial charge in [0.2, 0.25) is 11.8 Å². The molecular weight excluding hydrogens is 556 g/mol. The van der Waals surface area contributed by atoms with Gasteiger partial charge in [-0.1, -0.05) is 38.1 Å². The summed E-state index contributed by atoms with van der Waals surface area (Å²) in [5.41, 5.74) is 12.0. The minimum Gasteiger partial charge on any atom is -0.497 e. The van der Waals surface area contributed by atoms with Crippen LogP contribution in [0.3, 0.4) is 0 Å². The van der Waals surface area contributed by atoms with E-state index in [2.05, 4.69) is 46.5 Å². The average Bonchev–Trinajstić information content (AvgIpc) is 3.89. The van der Waals surface area contributed by atoms with Crippen molar-refractivity contribution in [1.29, 1.82) is 0 Å². The first kappa shape index (κ1) is 28.8. The van der Waals surface area contributed by atoms with Crippen LogP contribution in [0.5, 0.6) is 5.75 Å². The fourth-order valence-electron chi connectivity index (χ4n) is 8.29. The lowest BCUT2D eigenvalue weighted by Crippen LogP contribution is -2.54. The second-order valence-corrected chi connectivity index (χ2v) is 14.6. The zero-order chi connectivity index (χ0) is 30.0. The fourth-order valence-corrected chi connectivity index (χ4v) is 8.29. The van der Waals surface area contributed by atoms with Gasteiger partial charge in [0, 0.05) is 47.6 Å². The molecule has 8 heteroatoms. The van der Waals surface area contributed by atoms with Crippen molar-refractivity contribution in [2.75, 3.05) is 34.3 Å². The number of hydrogen-bond donors (Lipinski definition) is 2. The highest BCUT2D eigenvalue weighted by Gasteiger charge is 2.65. The summed E-state index contributed by atoms with van der Waals surface area (Å²) in [4.78, 5) is 28.7. The summed E-state index contributed by atoms with van der Waals surface area (Å²) in [6, 6.07) is 12.4. The van der Waals surface area contributed by atoms with Crippen molar-refractivity contribution in [2.45, 2.75) is 69.7 Å². The number of nitrogens with two attached hydrogens (primary N) is 1. The van der Waals surface area contributed by atoms with Crippen molar-refractivity contribution in [2.24, 2.45) is 23.0 Å². The summed E-state index contributed by atoms with van der Waals surface area (Å²) in [6.07, 6.45) is 9.67. The lowest BCUT2D eigenvalue weighted by Gasteiger charge is -2.42. The van der Waals surface area contributed by atoms with Gasteiger partial charge in [-0.3, -0.25) is 13.9 Å². The molecule has 7 nitrogen and oxygen atoms in total. The van der Waals surface area contributed by atoms with Gasteiger partial charge in [0.15, 0.2) is 0 Å². The molecule has 228 valence electrons. The van der Waals surface area contributed by atoms with E-state index in [1.54, 1.807) is 11.4 Å². The molecule has 2 atom stereocenters. The van der Waals surface area contributed by atoms with Crippen LogP contribution in [0, 0.1) is 17.3 Å². The number of benzene rings is 2. The molecule has 1 aromatic heterocycles. The molecule has 2 aliphatic heterocycles. The Balaban J connectivity index is 0.000000709. The van der Waals surface area contributed by atoms with Crippen molar-refractivity contribution in [3.8, 4) is 17.0 Å². The first-order valence-corrected chi connectivity index (χ1v) is 16.4. The van der Waals surface area contributed by atoms with Crippen LogP contribution in [0.2, 0.25) is 0 Å². The number of amides is 2. The van der Waals surface area contributed by atoms with E-state index < -0.39 is 11.3 Å². The molecular formula is C35H44N4O3S. The maximum atomic E-state index is 14.3. The molecule has 43 heavy (non-hydrogen) atoms. The fraction of sp³-hybridized carbons (Fsp3) is 0.543. The predicted octanol–water partition coefficient (Wildman–Crippen LogP) is 6.21. The number of fused-ring (bicyclic) bond motifs is 7. The van der Waals surface area contributed by atoms with Crippen LogP contribution >= 0.6 is 12.8 Å². The Morgan fingerprint density at radius 1 is 1.00 bits per heavy atom. The van der Waals surface area contributed by atoms with Crippen molar-refractivity contribution in [1.82, 2.24) is 13.8 Å². The summed E-state index contributed by atoms with van der Waals surface area (Å²) in [7, 11) is 5.45. The quantitative estimate of drug-likeness (QED) is 0.341. The Labute approximate surface area is 260 Å². The lowest BCUT2D eigenvalue weighted by molar-refractivity contribution is -0.144. The third-order valence-corrected chi connectivity index (χ3v) is 10.7. The van der Waals surface area contributed by atoms with E-state index in [4.69, 9.17) is 10.5 Å². The topological polar surface area (TPSA) is 80.8 Å². The Morgan fingerprint density at radius 3 is 2.37 bits per heavy atom. The van der Waals surface area contributed by atoms with Gasteiger partial charge in [-0.15, -0.1) is 0 Å². The number of ether oxygens (including phenoxy) is 1. The number of nitrogens with zero attached hydrogens (tertiary/aromatic N) is 3. The molecule has 0 radical (unpaired) electrons. The van der Waals surface area contributed by atoms with Crippen LogP contribution in [-0.4, -0.2) is 59.9 Å². The van der Waals surface area contributed by atoms with E-state index in [0.717, 1.165) is 36.7 Å². The number of carbonyl (C=O) groups is 2. The normalized spacial score (nSPS) is 24.7. The zero-order valence-electron chi connectivity index (χ0n) is 25.6. The molecule has 2 unspecified atom stereocenters. The summed E-state index contributed by atoms with van der Waals surface area (Å²) in [6.45, 7) is 2.49. The Hall–Kier alpha value is -2.97. The molecule has 3 aliphatic carbocycles. The van der Waals surface area contributed by atoms with Crippen LogP contribution in [0.1, 0.15) is 84.7 Å².